The van der Waals surface area contributed by atoms with Gasteiger partial charge in [-0.1, -0.05) is 24.6 Å². The maximum absolute atomic E-state index is 12.2. The number of thioether (sulfide) groups is 1. The predicted octanol–water partition coefficient (Wildman–Crippen LogP) is 3.28. The number of benzene rings is 1. The normalized spacial score (nSPS) is 17.1. The van der Waals surface area contributed by atoms with E-state index < -0.39 is 11.9 Å². The van der Waals surface area contributed by atoms with Gasteiger partial charge in [-0.25, -0.2) is 0 Å². The lowest BCUT2D eigenvalue weighted by Gasteiger charge is -2.18. The number of halogens is 2. The molecule has 0 spiro atoms. The number of hydrogen-bond donors (Lipinski definition) is 2. The van der Waals surface area contributed by atoms with E-state index in [2.05, 4.69) is 5.32 Å². The summed E-state index contributed by atoms with van der Waals surface area (Å²) in [6, 6.07) is 6.03. The summed E-state index contributed by atoms with van der Waals surface area (Å²) in [7, 11) is 0. The Morgan fingerprint density at radius 3 is 2.48 bits per heavy atom. The summed E-state index contributed by atoms with van der Waals surface area (Å²) in [5.41, 5.74) is 0.409. The second kappa shape index (κ2) is 7.75. The fourth-order valence-corrected chi connectivity index (χ4v) is 3.09. The van der Waals surface area contributed by atoms with E-state index in [4.69, 9.17) is 0 Å². The van der Waals surface area contributed by atoms with Crippen LogP contribution in [0.1, 0.15) is 36.0 Å². The molecule has 1 aromatic rings. The molecular formula is C15H19F2NO2S. The lowest BCUT2D eigenvalue weighted by Crippen LogP contribution is -2.35. The molecule has 21 heavy (non-hydrogen) atoms. The van der Waals surface area contributed by atoms with E-state index in [1.165, 1.54) is 24.3 Å². The Balaban J connectivity index is 1.82. The van der Waals surface area contributed by atoms with Crippen LogP contribution < -0.4 is 5.32 Å². The van der Waals surface area contributed by atoms with Gasteiger partial charge in [0.15, 0.2) is 0 Å². The highest BCUT2D eigenvalue weighted by atomic mass is 32.2. The molecule has 0 aliphatic heterocycles. The molecule has 0 saturated heterocycles. The van der Waals surface area contributed by atoms with Crippen molar-refractivity contribution in [1.82, 2.24) is 5.32 Å². The van der Waals surface area contributed by atoms with Crippen molar-refractivity contribution < 1.29 is 18.7 Å². The maximum atomic E-state index is 12.2. The third-order valence-electron chi connectivity index (χ3n) is 3.76. The fraction of sp³-hybridized carbons (Fsp3) is 0.533. The number of amides is 1. The van der Waals surface area contributed by atoms with Crippen LogP contribution in [0.2, 0.25) is 0 Å². The van der Waals surface area contributed by atoms with Crippen LogP contribution in [-0.2, 0) is 0 Å². The molecule has 1 saturated carbocycles. The van der Waals surface area contributed by atoms with Gasteiger partial charge in [0, 0.05) is 17.0 Å². The molecule has 1 fully saturated rings. The molecule has 1 aliphatic carbocycles. The van der Waals surface area contributed by atoms with Crippen LogP contribution in [0.3, 0.4) is 0 Å². The third-order valence-corrected chi connectivity index (χ3v) is 4.48. The van der Waals surface area contributed by atoms with Crippen LogP contribution in [0.5, 0.6) is 0 Å². The predicted molar refractivity (Wildman–Crippen MR) is 78.6 cm³/mol. The molecule has 1 unspecified atom stereocenters. The number of carbonyl (C=O) groups excluding carboxylic acids is 1. The van der Waals surface area contributed by atoms with Crippen molar-refractivity contribution in [2.75, 3.05) is 6.54 Å². The van der Waals surface area contributed by atoms with Gasteiger partial charge in [-0.15, -0.1) is 0 Å². The molecule has 2 N–H and O–H groups in total. The second-order valence-electron chi connectivity index (χ2n) is 5.22. The largest absolute Gasteiger partial charge is 0.391 e. The van der Waals surface area contributed by atoms with E-state index in [0.29, 0.717) is 22.2 Å². The molecule has 0 radical (unpaired) electrons. The Morgan fingerprint density at radius 1 is 1.29 bits per heavy atom. The Bertz CT molecular complexity index is 461. The SMILES string of the molecule is O=C(NCC(O)C1CCCC1)c1ccc(SC(F)F)cc1. The number of aliphatic hydroxyl groups excluding tert-OH is 1. The van der Waals surface area contributed by atoms with Crippen LogP contribution in [0.25, 0.3) is 0 Å². The smallest absolute Gasteiger partial charge is 0.288 e. The molecule has 0 bridgehead atoms. The molecule has 0 heterocycles. The van der Waals surface area contributed by atoms with E-state index in [1.807, 2.05) is 0 Å². The van der Waals surface area contributed by atoms with E-state index in [0.717, 1.165) is 25.7 Å². The van der Waals surface area contributed by atoms with Crippen molar-refractivity contribution in [2.45, 2.75) is 42.4 Å². The Kier molecular flexibility index (Phi) is 5.99. The molecule has 3 nitrogen and oxygen atoms in total. The Hall–Kier alpha value is -1.14. The van der Waals surface area contributed by atoms with Crippen LogP contribution in [0, 0.1) is 5.92 Å². The zero-order valence-electron chi connectivity index (χ0n) is 11.6. The monoisotopic (exact) mass is 315 g/mol. The minimum absolute atomic E-state index is 0.233. The average Bonchev–Trinajstić information content (AvgIpc) is 2.99. The van der Waals surface area contributed by atoms with Gasteiger partial charge in [0.25, 0.3) is 11.7 Å². The minimum Gasteiger partial charge on any atom is -0.391 e. The standard InChI is InChI=1S/C15H19F2NO2S/c16-15(17)21-12-7-5-11(6-8-12)14(20)18-9-13(19)10-3-1-2-4-10/h5-8,10,13,15,19H,1-4,9H2,(H,18,20). The first kappa shape index (κ1) is 16.2. The van der Waals surface area contributed by atoms with Crippen molar-refractivity contribution in [3.8, 4) is 0 Å². The van der Waals surface area contributed by atoms with Crippen molar-refractivity contribution in [3.05, 3.63) is 29.8 Å². The first-order chi connectivity index (χ1) is 10.1. The quantitative estimate of drug-likeness (QED) is 0.792. The number of carbonyl (C=O) groups is 1. The van der Waals surface area contributed by atoms with Crippen molar-refractivity contribution >= 4 is 17.7 Å². The molecule has 1 aliphatic rings. The highest BCUT2D eigenvalue weighted by Gasteiger charge is 2.23. The summed E-state index contributed by atoms with van der Waals surface area (Å²) in [6.07, 6.45) is 3.79. The van der Waals surface area contributed by atoms with Crippen LogP contribution in [-0.4, -0.2) is 29.4 Å². The summed E-state index contributed by atoms with van der Waals surface area (Å²) in [5, 5.41) is 12.7. The van der Waals surface area contributed by atoms with Crippen molar-refractivity contribution in [2.24, 2.45) is 5.92 Å². The van der Waals surface area contributed by atoms with Gasteiger partial charge in [0.1, 0.15) is 0 Å². The summed E-state index contributed by atoms with van der Waals surface area (Å²) in [5.74, 6) is -2.48. The zero-order chi connectivity index (χ0) is 15.2. The number of rotatable bonds is 6. The van der Waals surface area contributed by atoms with Gasteiger partial charge in [0.2, 0.25) is 0 Å². The maximum Gasteiger partial charge on any atom is 0.288 e. The van der Waals surface area contributed by atoms with Gasteiger partial charge >= 0.3 is 0 Å². The van der Waals surface area contributed by atoms with Crippen molar-refractivity contribution in [3.63, 3.8) is 0 Å². The van der Waals surface area contributed by atoms with Crippen LogP contribution in [0.4, 0.5) is 8.78 Å². The van der Waals surface area contributed by atoms with Gasteiger partial charge in [-0.2, -0.15) is 8.78 Å². The van der Waals surface area contributed by atoms with Crippen LogP contribution in [0.15, 0.2) is 29.2 Å². The number of aliphatic hydroxyl groups is 1. The molecule has 1 atom stereocenters. The number of nitrogens with one attached hydrogen (secondary N) is 1. The van der Waals surface area contributed by atoms with Gasteiger partial charge in [-0.3, -0.25) is 4.79 Å². The van der Waals surface area contributed by atoms with E-state index >= 15 is 0 Å². The molecule has 2 rings (SSSR count). The summed E-state index contributed by atoms with van der Waals surface area (Å²) in [4.78, 5) is 12.3. The van der Waals surface area contributed by atoms with Crippen molar-refractivity contribution in [1.29, 1.82) is 0 Å². The highest BCUT2D eigenvalue weighted by Crippen LogP contribution is 2.27. The zero-order valence-corrected chi connectivity index (χ0v) is 12.4. The number of hydrogen-bond acceptors (Lipinski definition) is 3. The van der Waals surface area contributed by atoms with E-state index in [1.54, 1.807) is 0 Å². The molecule has 6 heteroatoms. The van der Waals surface area contributed by atoms with E-state index in [9.17, 15) is 18.7 Å². The summed E-state index contributed by atoms with van der Waals surface area (Å²) in [6.45, 7) is 0.233. The number of alkyl halides is 2. The molecule has 116 valence electrons. The lowest BCUT2D eigenvalue weighted by atomic mass is 10.0. The van der Waals surface area contributed by atoms with Crippen LogP contribution >= 0.6 is 11.8 Å². The molecule has 1 aromatic carbocycles. The highest BCUT2D eigenvalue weighted by molar-refractivity contribution is 7.99. The van der Waals surface area contributed by atoms with Gasteiger partial charge in [0.05, 0.1) is 6.10 Å². The first-order valence-corrected chi connectivity index (χ1v) is 7.95. The molecule has 0 aromatic heterocycles. The summed E-state index contributed by atoms with van der Waals surface area (Å²) >= 11 is 0.449. The first-order valence-electron chi connectivity index (χ1n) is 7.07. The third kappa shape index (κ3) is 4.97. The molecule has 1 amide bonds. The Labute approximate surface area is 127 Å². The topological polar surface area (TPSA) is 49.3 Å². The van der Waals surface area contributed by atoms with Gasteiger partial charge in [-0.05, 0) is 43.0 Å². The Morgan fingerprint density at radius 2 is 1.90 bits per heavy atom. The van der Waals surface area contributed by atoms with E-state index in [-0.39, 0.29) is 18.4 Å². The second-order valence-corrected chi connectivity index (χ2v) is 6.29. The summed E-state index contributed by atoms with van der Waals surface area (Å²) < 4.78 is 24.4. The average molecular weight is 315 g/mol. The van der Waals surface area contributed by atoms with Gasteiger partial charge < -0.3 is 10.4 Å². The fourth-order valence-electron chi connectivity index (χ4n) is 2.60. The molecular weight excluding hydrogens is 296 g/mol. The minimum atomic E-state index is -2.47. The lowest BCUT2D eigenvalue weighted by molar-refractivity contribution is 0.0840.